The Morgan fingerprint density at radius 1 is 1.26 bits per heavy atom. The molecular weight excluding hydrogens is 372 g/mol. The van der Waals surface area contributed by atoms with E-state index in [4.69, 9.17) is 0 Å². The molecule has 0 aliphatic carbocycles. The van der Waals surface area contributed by atoms with Crippen molar-refractivity contribution in [2.45, 2.75) is 26.6 Å². The molecular formula is C15H16F4N6O2. The summed E-state index contributed by atoms with van der Waals surface area (Å²) in [5.41, 5.74) is -3.38. The van der Waals surface area contributed by atoms with Crippen LogP contribution in [0.5, 0.6) is 0 Å². The first-order chi connectivity index (χ1) is 12.5. The number of aryl methyl sites for hydroxylation is 1. The molecule has 27 heavy (non-hydrogen) atoms. The summed E-state index contributed by atoms with van der Waals surface area (Å²) in [6.45, 7) is 3.05. The van der Waals surface area contributed by atoms with Crippen LogP contribution in [0.2, 0.25) is 0 Å². The van der Waals surface area contributed by atoms with E-state index >= 15 is 0 Å². The van der Waals surface area contributed by atoms with Gasteiger partial charge in [-0.1, -0.05) is 5.10 Å². The van der Waals surface area contributed by atoms with Gasteiger partial charge in [0.15, 0.2) is 0 Å². The summed E-state index contributed by atoms with van der Waals surface area (Å²) in [6.07, 6.45) is -4.98. The molecule has 1 aromatic heterocycles. The standard InChI is InChI=1S/C15H16F4N6O2/c1-5-25-14(21-22-23-25)20-12(26)11-7(2)10(13(27)24(3)4)8(6-9(11)16)15(17,18)19/h6H,5H2,1-4H3,(H,20,21,23,26). The summed E-state index contributed by atoms with van der Waals surface area (Å²) in [5.74, 6) is -3.60. The Labute approximate surface area is 151 Å². The van der Waals surface area contributed by atoms with Crippen LogP contribution in [-0.2, 0) is 12.7 Å². The molecule has 1 aromatic carbocycles. The quantitative estimate of drug-likeness (QED) is 0.810. The molecule has 0 fully saturated rings. The van der Waals surface area contributed by atoms with E-state index in [-0.39, 0.29) is 12.0 Å². The van der Waals surface area contributed by atoms with Crippen molar-refractivity contribution in [2.24, 2.45) is 0 Å². The molecule has 146 valence electrons. The number of carbonyl (C=O) groups excluding carboxylic acids is 2. The number of hydrogen-bond donors (Lipinski definition) is 1. The van der Waals surface area contributed by atoms with Crippen LogP contribution in [0.4, 0.5) is 23.5 Å². The Bertz CT molecular complexity index is 891. The van der Waals surface area contributed by atoms with Crippen molar-refractivity contribution >= 4 is 17.8 Å². The molecule has 0 aliphatic heterocycles. The molecule has 1 N–H and O–H groups in total. The van der Waals surface area contributed by atoms with E-state index in [1.807, 2.05) is 0 Å². The Balaban J connectivity index is 2.62. The summed E-state index contributed by atoms with van der Waals surface area (Å²) >= 11 is 0. The van der Waals surface area contributed by atoms with Gasteiger partial charge in [-0.25, -0.2) is 9.07 Å². The topological polar surface area (TPSA) is 93.0 Å². The molecule has 0 unspecified atom stereocenters. The van der Waals surface area contributed by atoms with Crippen molar-refractivity contribution in [2.75, 3.05) is 19.4 Å². The lowest BCUT2D eigenvalue weighted by Crippen LogP contribution is -2.29. The molecule has 0 saturated heterocycles. The van der Waals surface area contributed by atoms with Gasteiger partial charge < -0.3 is 4.90 Å². The first-order valence-corrected chi connectivity index (χ1v) is 7.68. The van der Waals surface area contributed by atoms with Gasteiger partial charge in [-0.2, -0.15) is 13.2 Å². The highest BCUT2D eigenvalue weighted by Gasteiger charge is 2.39. The molecule has 0 saturated carbocycles. The van der Waals surface area contributed by atoms with Gasteiger partial charge in [-0.15, -0.1) is 0 Å². The lowest BCUT2D eigenvalue weighted by Gasteiger charge is -2.20. The fourth-order valence-electron chi connectivity index (χ4n) is 2.45. The van der Waals surface area contributed by atoms with E-state index in [0.29, 0.717) is 6.54 Å². The van der Waals surface area contributed by atoms with Gasteiger partial charge in [0, 0.05) is 20.6 Å². The average Bonchev–Trinajstić information content (AvgIpc) is 2.99. The Hall–Kier alpha value is -3.05. The predicted octanol–water partition coefficient (Wildman–Crippen LogP) is 2.11. The fraction of sp³-hybridized carbons (Fsp3) is 0.400. The zero-order valence-electron chi connectivity index (χ0n) is 14.8. The predicted molar refractivity (Wildman–Crippen MR) is 85.6 cm³/mol. The minimum atomic E-state index is -4.98. The summed E-state index contributed by atoms with van der Waals surface area (Å²) in [6, 6.07) is 0.140. The van der Waals surface area contributed by atoms with Gasteiger partial charge in [-0.3, -0.25) is 14.9 Å². The van der Waals surface area contributed by atoms with Gasteiger partial charge in [-0.05, 0) is 35.9 Å². The van der Waals surface area contributed by atoms with Crippen LogP contribution in [0, 0.1) is 12.7 Å². The summed E-state index contributed by atoms with van der Waals surface area (Å²) in [7, 11) is 2.50. The van der Waals surface area contributed by atoms with E-state index in [2.05, 4.69) is 20.8 Å². The highest BCUT2D eigenvalue weighted by atomic mass is 19.4. The van der Waals surface area contributed by atoms with Crippen LogP contribution < -0.4 is 5.32 Å². The van der Waals surface area contributed by atoms with Crippen molar-refractivity contribution in [3.63, 3.8) is 0 Å². The number of nitrogens with one attached hydrogen (secondary N) is 1. The first kappa shape index (κ1) is 20.3. The van der Waals surface area contributed by atoms with E-state index in [9.17, 15) is 27.2 Å². The number of hydrogen-bond acceptors (Lipinski definition) is 5. The number of alkyl halides is 3. The van der Waals surface area contributed by atoms with Crippen LogP contribution in [0.1, 0.15) is 38.8 Å². The normalized spacial score (nSPS) is 11.4. The SMILES string of the molecule is CCn1nnnc1NC(=O)c1c(F)cc(C(F)(F)F)c(C(=O)N(C)C)c1C. The number of amides is 2. The number of tetrazole rings is 1. The van der Waals surface area contributed by atoms with Crippen LogP contribution >= 0.6 is 0 Å². The number of anilines is 1. The summed E-state index contributed by atoms with van der Waals surface area (Å²) in [4.78, 5) is 25.6. The molecule has 0 bridgehead atoms. The molecule has 0 atom stereocenters. The number of nitrogens with zero attached hydrogens (tertiary/aromatic N) is 5. The molecule has 2 amide bonds. The fourth-order valence-corrected chi connectivity index (χ4v) is 2.45. The summed E-state index contributed by atoms with van der Waals surface area (Å²) < 4.78 is 55.5. The molecule has 12 heteroatoms. The minimum absolute atomic E-state index is 0.110. The lowest BCUT2D eigenvalue weighted by molar-refractivity contribution is -0.138. The van der Waals surface area contributed by atoms with Crippen molar-refractivity contribution in [1.29, 1.82) is 0 Å². The third-order valence-corrected chi connectivity index (χ3v) is 3.74. The van der Waals surface area contributed by atoms with Crippen molar-refractivity contribution in [3.05, 3.63) is 34.1 Å². The van der Waals surface area contributed by atoms with Crippen molar-refractivity contribution < 1.29 is 27.2 Å². The second-order valence-corrected chi connectivity index (χ2v) is 5.75. The largest absolute Gasteiger partial charge is 0.417 e. The van der Waals surface area contributed by atoms with Crippen molar-refractivity contribution in [1.82, 2.24) is 25.1 Å². The number of aromatic nitrogens is 4. The number of benzene rings is 1. The molecule has 1 heterocycles. The number of rotatable bonds is 4. The zero-order valence-corrected chi connectivity index (χ0v) is 14.8. The van der Waals surface area contributed by atoms with Gasteiger partial charge in [0.25, 0.3) is 11.8 Å². The molecule has 0 radical (unpaired) electrons. The van der Waals surface area contributed by atoms with E-state index in [1.54, 1.807) is 6.92 Å². The van der Waals surface area contributed by atoms with Gasteiger partial charge in [0.1, 0.15) is 5.82 Å². The Kier molecular flexibility index (Phi) is 5.47. The minimum Gasteiger partial charge on any atom is -0.345 e. The Morgan fingerprint density at radius 2 is 1.89 bits per heavy atom. The average molecular weight is 388 g/mol. The number of halogens is 4. The zero-order chi connectivity index (χ0) is 20.5. The number of carbonyl (C=O) groups is 2. The maximum absolute atomic E-state index is 14.4. The maximum Gasteiger partial charge on any atom is 0.417 e. The van der Waals surface area contributed by atoms with Crippen LogP contribution in [-0.4, -0.2) is 51.0 Å². The van der Waals surface area contributed by atoms with Gasteiger partial charge >= 0.3 is 6.18 Å². The van der Waals surface area contributed by atoms with Crippen LogP contribution in [0.15, 0.2) is 6.07 Å². The first-order valence-electron chi connectivity index (χ1n) is 7.68. The van der Waals surface area contributed by atoms with E-state index < -0.39 is 46.1 Å². The smallest absolute Gasteiger partial charge is 0.345 e. The van der Waals surface area contributed by atoms with E-state index in [1.165, 1.54) is 18.8 Å². The second kappa shape index (κ2) is 7.29. The highest BCUT2D eigenvalue weighted by Crippen LogP contribution is 2.36. The van der Waals surface area contributed by atoms with Gasteiger partial charge in [0.05, 0.1) is 16.7 Å². The molecule has 2 rings (SSSR count). The second-order valence-electron chi connectivity index (χ2n) is 5.75. The highest BCUT2D eigenvalue weighted by molar-refractivity contribution is 6.08. The molecule has 0 aliphatic rings. The van der Waals surface area contributed by atoms with Crippen molar-refractivity contribution in [3.8, 4) is 0 Å². The lowest BCUT2D eigenvalue weighted by atomic mass is 9.94. The van der Waals surface area contributed by atoms with Crippen LogP contribution in [0.3, 0.4) is 0 Å². The van der Waals surface area contributed by atoms with E-state index in [0.717, 1.165) is 11.8 Å². The van der Waals surface area contributed by atoms with Gasteiger partial charge in [0.2, 0.25) is 5.95 Å². The third kappa shape index (κ3) is 3.88. The maximum atomic E-state index is 14.4. The Morgan fingerprint density at radius 3 is 2.41 bits per heavy atom. The molecule has 8 nitrogen and oxygen atoms in total. The monoisotopic (exact) mass is 388 g/mol. The van der Waals surface area contributed by atoms with Crippen LogP contribution in [0.25, 0.3) is 0 Å². The molecule has 2 aromatic rings. The summed E-state index contributed by atoms with van der Waals surface area (Å²) in [5, 5.41) is 12.7. The third-order valence-electron chi connectivity index (χ3n) is 3.74. The molecule has 0 spiro atoms.